The smallest absolute Gasteiger partial charge is 0.352 e. The zero-order chi connectivity index (χ0) is 20.8. The van der Waals surface area contributed by atoms with Crippen molar-refractivity contribution in [3.8, 4) is 0 Å². The van der Waals surface area contributed by atoms with E-state index in [0.29, 0.717) is 5.56 Å². The molecular formula is C19H21F3N2O3S. The molecule has 0 aliphatic carbocycles. The van der Waals surface area contributed by atoms with Crippen LogP contribution >= 0.6 is 0 Å². The Kier molecular flexibility index (Phi) is 7.20. The van der Waals surface area contributed by atoms with Crippen LogP contribution in [0.2, 0.25) is 0 Å². The summed E-state index contributed by atoms with van der Waals surface area (Å²) in [5.41, 5.74) is -0.432. The van der Waals surface area contributed by atoms with Crippen LogP contribution in [0, 0.1) is 0 Å². The van der Waals surface area contributed by atoms with Gasteiger partial charge >= 0.3 is 6.18 Å². The maximum Gasteiger partial charge on any atom is 0.416 e. The van der Waals surface area contributed by atoms with Gasteiger partial charge in [-0.05, 0) is 36.2 Å². The fourth-order valence-electron chi connectivity index (χ4n) is 2.50. The summed E-state index contributed by atoms with van der Waals surface area (Å²) < 4.78 is 64.0. The van der Waals surface area contributed by atoms with E-state index in [1.54, 1.807) is 18.2 Å². The summed E-state index contributed by atoms with van der Waals surface area (Å²) in [6.45, 7) is 0.120. The summed E-state index contributed by atoms with van der Waals surface area (Å²) >= 11 is 0. The SMILES string of the molecule is CN(CCCC(=O)NCc1cccc(C(F)(F)F)c1)S(=O)(=O)c1ccccc1. The molecule has 0 spiro atoms. The molecule has 0 aliphatic heterocycles. The highest BCUT2D eigenvalue weighted by Gasteiger charge is 2.30. The fraction of sp³-hybridized carbons (Fsp3) is 0.316. The molecule has 0 radical (unpaired) electrons. The maximum atomic E-state index is 12.7. The Morgan fingerprint density at radius 2 is 1.75 bits per heavy atom. The molecule has 152 valence electrons. The van der Waals surface area contributed by atoms with Gasteiger partial charge in [0.15, 0.2) is 0 Å². The molecule has 0 atom stereocenters. The van der Waals surface area contributed by atoms with Crippen LogP contribution in [0.15, 0.2) is 59.5 Å². The Morgan fingerprint density at radius 3 is 2.39 bits per heavy atom. The van der Waals surface area contributed by atoms with E-state index in [9.17, 15) is 26.4 Å². The van der Waals surface area contributed by atoms with Crippen molar-refractivity contribution < 1.29 is 26.4 Å². The van der Waals surface area contributed by atoms with Gasteiger partial charge in [0.05, 0.1) is 10.5 Å². The van der Waals surface area contributed by atoms with Crippen molar-refractivity contribution in [2.24, 2.45) is 0 Å². The molecule has 9 heteroatoms. The van der Waals surface area contributed by atoms with Crippen LogP contribution in [0.1, 0.15) is 24.0 Å². The van der Waals surface area contributed by atoms with Crippen LogP contribution in [0.25, 0.3) is 0 Å². The molecule has 0 aromatic heterocycles. The van der Waals surface area contributed by atoms with Crippen LogP contribution in [0.5, 0.6) is 0 Å². The molecule has 0 saturated carbocycles. The molecule has 2 aromatic rings. The Morgan fingerprint density at radius 1 is 1.07 bits per heavy atom. The van der Waals surface area contributed by atoms with Crippen LogP contribution in [-0.4, -0.2) is 32.2 Å². The van der Waals surface area contributed by atoms with Crippen LogP contribution < -0.4 is 5.32 Å². The van der Waals surface area contributed by atoms with Crippen molar-refractivity contribution in [1.29, 1.82) is 0 Å². The van der Waals surface area contributed by atoms with Crippen molar-refractivity contribution in [2.45, 2.75) is 30.5 Å². The van der Waals surface area contributed by atoms with Gasteiger partial charge in [-0.3, -0.25) is 4.79 Å². The molecule has 2 rings (SSSR count). The first-order valence-electron chi connectivity index (χ1n) is 8.55. The lowest BCUT2D eigenvalue weighted by Crippen LogP contribution is -2.29. The number of sulfonamides is 1. The van der Waals surface area contributed by atoms with E-state index < -0.39 is 21.8 Å². The maximum absolute atomic E-state index is 12.7. The number of carbonyl (C=O) groups excluding carboxylic acids is 1. The van der Waals surface area contributed by atoms with Gasteiger partial charge in [0, 0.05) is 26.6 Å². The van der Waals surface area contributed by atoms with Gasteiger partial charge < -0.3 is 5.32 Å². The van der Waals surface area contributed by atoms with Gasteiger partial charge in [-0.1, -0.05) is 30.3 Å². The van der Waals surface area contributed by atoms with Crippen LogP contribution in [-0.2, 0) is 27.5 Å². The first-order valence-corrected chi connectivity index (χ1v) is 9.99. The van der Waals surface area contributed by atoms with Crippen LogP contribution in [0.4, 0.5) is 13.2 Å². The first kappa shape index (κ1) is 21.9. The lowest BCUT2D eigenvalue weighted by atomic mass is 10.1. The molecule has 0 fully saturated rings. The Labute approximate surface area is 162 Å². The van der Waals surface area contributed by atoms with Crippen molar-refractivity contribution in [3.63, 3.8) is 0 Å². The number of nitrogens with zero attached hydrogens (tertiary/aromatic N) is 1. The van der Waals surface area contributed by atoms with Crippen molar-refractivity contribution >= 4 is 15.9 Å². The minimum atomic E-state index is -4.44. The number of hydrogen-bond acceptors (Lipinski definition) is 3. The number of halogens is 3. The second-order valence-corrected chi connectivity index (χ2v) is 8.26. The predicted octanol–water partition coefficient (Wildman–Crippen LogP) is 3.42. The highest BCUT2D eigenvalue weighted by molar-refractivity contribution is 7.89. The van der Waals surface area contributed by atoms with Gasteiger partial charge in [0.25, 0.3) is 0 Å². The number of alkyl halides is 3. The van der Waals surface area contributed by atoms with E-state index >= 15 is 0 Å². The molecule has 0 bridgehead atoms. The predicted molar refractivity (Wildman–Crippen MR) is 98.8 cm³/mol. The molecular weight excluding hydrogens is 393 g/mol. The van der Waals surface area contributed by atoms with Crippen molar-refractivity contribution in [1.82, 2.24) is 9.62 Å². The van der Waals surface area contributed by atoms with Gasteiger partial charge in [0.2, 0.25) is 15.9 Å². The quantitative estimate of drug-likeness (QED) is 0.720. The third kappa shape index (κ3) is 6.07. The molecule has 1 amide bonds. The van der Waals surface area contributed by atoms with E-state index in [-0.39, 0.29) is 36.7 Å². The van der Waals surface area contributed by atoms with Crippen molar-refractivity contribution in [2.75, 3.05) is 13.6 Å². The summed E-state index contributed by atoms with van der Waals surface area (Å²) in [7, 11) is -2.18. The van der Waals surface area contributed by atoms with E-state index in [4.69, 9.17) is 0 Å². The van der Waals surface area contributed by atoms with Crippen LogP contribution in [0.3, 0.4) is 0 Å². The summed E-state index contributed by atoms with van der Waals surface area (Å²) in [5.74, 6) is -0.358. The highest BCUT2D eigenvalue weighted by atomic mass is 32.2. The lowest BCUT2D eigenvalue weighted by molar-refractivity contribution is -0.137. The average Bonchev–Trinajstić information content (AvgIpc) is 2.66. The van der Waals surface area contributed by atoms with E-state index in [1.165, 1.54) is 35.6 Å². The summed E-state index contributed by atoms with van der Waals surface area (Å²) in [6, 6.07) is 12.7. The molecule has 0 saturated heterocycles. The number of hydrogen-bond donors (Lipinski definition) is 1. The second-order valence-electron chi connectivity index (χ2n) is 6.22. The van der Waals surface area contributed by atoms with E-state index in [2.05, 4.69) is 5.32 Å². The molecule has 0 unspecified atom stereocenters. The first-order chi connectivity index (χ1) is 13.1. The average molecular weight is 414 g/mol. The summed E-state index contributed by atoms with van der Waals surface area (Å²) in [6.07, 6.45) is -4.08. The molecule has 0 heterocycles. The standard InChI is InChI=1S/C19H21F3N2O3S/c1-24(28(26,27)17-9-3-2-4-10-17)12-6-11-18(25)23-14-15-7-5-8-16(13-15)19(20,21)22/h2-5,7-10,13H,6,11-12,14H2,1H3,(H,23,25). The zero-order valence-corrected chi connectivity index (χ0v) is 16.1. The second kappa shape index (κ2) is 9.20. The number of nitrogens with one attached hydrogen (secondary N) is 1. The number of amides is 1. The summed E-state index contributed by atoms with van der Waals surface area (Å²) in [5, 5.41) is 2.55. The highest BCUT2D eigenvalue weighted by Crippen LogP contribution is 2.29. The fourth-order valence-corrected chi connectivity index (χ4v) is 3.73. The van der Waals surface area contributed by atoms with E-state index in [0.717, 1.165) is 12.1 Å². The van der Waals surface area contributed by atoms with Gasteiger partial charge in [-0.15, -0.1) is 0 Å². The molecule has 2 aromatic carbocycles. The van der Waals surface area contributed by atoms with Gasteiger partial charge in [0.1, 0.15) is 0 Å². The number of benzene rings is 2. The number of rotatable bonds is 8. The monoisotopic (exact) mass is 414 g/mol. The third-order valence-corrected chi connectivity index (χ3v) is 5.94. The normalized spacial score (nSPS) is 12.2. The Hall–Kier alpha value is -2.39. The third-order valence-electron chi connectivity index (χ3n) is 4.07. The lowest BCUT2D eigenvalue weighted by Gasteiger charge is -2.17. The van der Waals surface area contributed by atoms with Gasteiger partial charge in [-0.2, -0.15) is 13.2 Å². The Balaban J connectivity index is 1.80. The molecule has 0 aliphatic rings. The van der Waals surface area contributed by atoms with Gasteiger partial charge in [-0.25, -0.2) is 12.7 Å². The zero-order valence-electron chi connectivity index (χ0n) is 15.2. The molecule has 5 nitrogen and oxygen atoms in total. The minimum Gasteiger partial charge on any atom is -0.352 e. The molecule has 28 heavy (non-hydrogen) atoms. The van der Waals surface area contributed by atoms with E-state index in [1.807, 2.05) is 0 Å². The molecule has 1 N–H and O–H groups in total. The summed E-state index contributed by atoms with van der Waals surface area (Å²) in [4.78, 5) is 12.1. The number of carbonyl (C=O) groups is 1. The Bertz CT molecular complexity index is 900. The van der Waals surface area contributed by atoms with Crippen molar-refractivity contribution in [3.05, 3.63) is 65.7 Å². The largest absolute Gasteiger partial charge is 0.416 e. The minimum absolute atomic E-state index is 0.0269. The topological polar surface area (TPSA) is 66.5 Å².